The molecule has 3 N–H and O–H groups in total. The molecule has 188 valence electrons. The number of nitrogens with one attached hydrogen (secondary N) is 1. The van der Waals surface area contributed by atoms with Crippen LogP contribution in [0.25, 0.3) is 10.8 Å². The van der Waals surface area contributed by atoms with Gasteiger partial charge in [0.25, 0.3) is 5.56 Å². The van der Waals surface area contributed by atoms with Gasteiger partial charge in [-0.2, -0.15) is 5.10 Å². The minimum Gasteiger partial charge on any atom is -0.327 e. The van der Waals surface area contributed by atoms with Gasteiger partial charge < -0.3 is 10.6 Å². The highest BCUT2D eigenvalue weighted by atomic mass is 16.2. The summed E-state index contributed by atoms with van der Waals surface area (Å²) in [6.45, 7) is 2.63. The van der Waals surface area contributed by atoms with E-state index in [9.17, 15) is 9.59 Å². The maximum absolute atomic E-state index is 14.5. The highest BCUT2D eigenvalue weighted by Crippen LogP contribution is 2.52. The zero-order valence-corrected chi connectivity index (χ0v) is 20.9. The van der Waals surface area contributed by atoms with Crippen molar-refractivity contribution in [2.24, 2.45) is 5.73 Å². The van der Waals surface area contributed by atoms with Gasteiger partial charge in [0.1, 0.15) is 0 Å². The lowest BCUT2D eigenvalue weighted by molar-refractivity contribution is -0.137. The molecule has 4 aromatic rings. The van der Waals surface area contributed by atoms with Crippen LogP contribution in [0.4, 0.5) is 0 Å². The second kappa shape index (κ2) is 9.19. The summed E-state index contributed by atoms with van der Waals surface area (Å²) in [7, 11) is 0. The van der Waals surface area contributed by atoms with E-state index in [1.165, 1.54) is 5.56 Å². The fourth-order valence-corrected chi connectivity index (χ4v) is 5.68. The SMILES string of the molecule is Cc1ccc(CN(C(=O)C2(c3ccc4c(=O)[nH]nc(CN)c4c3)CC2)C2CCCc3cccnc32)nc1. The van der Waals surface area contributed by atoms with Crippen molar-refractivity contribution in [3.05, 3.63) is 99.0 Å². The Hall–Kier alpha value is -3.91. The number of fused-ring (bicyclic) bond motifs is 2. The first kappa shape index (κ1) is 23.5. The Kier molecular flexibility index (Phi) is 5.83. The van der Waals surface area contributed by atoms with E-state index in [0.29, 0.717) is 23.0 Å². The van der Waals surface area contributed by atoms with E-state index in [1.54, 1.807) is 6.07 Å². The number of H-pyrrole nitrogens is 1. The first-order valence-corrected chi connectivity index (χ1v) is 12.9. The molecule has 37 heavy (non-hydrogen) atoms. The van der Waals surface area contributed by atoms with E-state index in [4.69, 9.17) is 10.7 Å². The largest absolute Gasteiger partial charge is 0.327 e. The molecule has 0 aliphatic heterocycles. The number of carbonyl (C=O) groups excluding carboxylic acids is 1. The van der Waals surface area contributed by atoms with Gasteiger partial charge in [0.2, 0.25) is 5.91 Å². The summed E-state index contributed by atoms with van der Waals surface area (Å²) in [5, 5.41) is 7.90. The van der Waals surface area contributed by atoms with Crippen molar-refractivity contribution in [3.8, 4) is 0 Å². The van der Waals surface area contributed by atoms with E-state index in [-0.39, 0.29) is 24.1 Å². The van der Waals surface area contributed by atoms with Crippen molar-refractivity contribution in [1.29, 1.82) is 0 Å². The number of pyridine rings is 2. The van der Waals surface area contributed by atoms with Crippen LogP contribution in [0.2, 0.25) is 0 Å². The third-order valence-electron chi connectivity index (χ3n) is 7.88. The molecule has 1 fully saturated rings. The molecule has 6 rings (SSSR count). The van der Waals surface area contributed by atoms with Crippen LogP contribution in [0, 0.1) is 6.92 Å². The van der Waals surface area contributed by atoms with E-state index >= 15 is 0 Å². The molecule has 0 radical (unpaired) electrons. The third kappa shape index (κ3) is 4.11. The molecule has 3 aromatic heterocycles. The number of hydrogen-bond acceptors (Lipinski definition) is 6. The van der Waals surface area contributed by atoms with Crippen molar-refractivity contribution < 1.29 is 4.79 Å². The molecule has 1 atom stereocenters. The van der Waals surface area contributed by atoms with Gasteiger partial charge in [-0.25, -0.2) is 5.10 Å². The Morgan fingerprint density at radius 3 is 2.78 bits per heavy atom. The Labute approximate surface area is 214 Å². The lowest BCUT2D eigenvalue weighted by atomic mass is 9.87. The van der Waals surface area contributed by atoms with Crippen molar-refractivity contribution in [1.82, 2.24) is 25.1 Å². The third-order valence-corrected chi connectivity index (χ3v) is 7.88. The molecule has 2 aliphatic rings. The summed E-state index contributed by atoms with van der Waals surface area (Å²) in [6.07, 6.45) is 8.03. The van der Waals surface area contributed by atoms with Crippen molar-refractivity contribution in [2.45, 2.75) is 63.6 Å². The van der Waals surface area contributed by atoms with Crippen LogP contribution in [0.15, 0.2) is 59.7 Å². The Bertz CT molecular complexity index is 1540. The van der Waals surface area contributed by atoms with Gasteiger partial charge >= 0.3 is 0 Å². The van der Waals surface area contributed by atoms with E-state index in [0.717, 1.165) is 54.6 Å². The van der Waals surface area contributed by atoms with Crippen LogP contribution in [0.5, 0.6) is 0 Å². The fraction of sp³-hybridized carbons (Fsp3) is 0.345. The quantitative estimate of drug-likeness (QED) is 0.423. The monoisotopic (exact) mass is 494 g/mol. The number of nitrogens with two attached hydrogens (primary N) is 1. The summed E-state index contributed by atoms with van der Waals surface area (Å²) in [5.74, 6) is 0.0878. The van der Waals surface area contributed by atoms with E-state index < -0.39 is 5.41 Å². The van der Waals surface area contributed by atoms with Crippen LogP contribution in [-0.2, 0) is 29.7 Å². The smallest absolute Gasteiger partial charge is 0.272 e. The molecule has 1 unspecified atom stereocenters. The zero-order valence-electron chi connectivity index (χ0n) is 20.9. The van der Waals surface area contributed by atoms with Gasteiger partial charge in [-0.1, -0.05) is 18.2 Å². The average molecular weight is 495 g/mol. The Morgan fingerprint density at radius 2 is 2.03 bits per heavy atom. The minimum atomic E-state index is -0.639. The summed E-state index contributed by atoms with van der Waals surface area (Å²) in [5.41, 5.74) is 10.7. The molecule has 1 aromatic carbocycles. The number of amides is 1. The maximum Gasteiger partial charge on any atom is 0.272 e. The fourth-order valence-electron chi connectivity index (χ4n) is 5.68. The van der Waals surface area contributed by atoms with Crippen molar-refractivity contribution in [3.63, 3.8) is 0 Å². The minimum absolute atomic E-state index is 0.0878. The molecular formula is C29H30N6O2. The van der Waals surface area contributed by atoms with Crippen LogP contribution in [0.1, 0.15) is 65.5 Å². The number of aromatic amines is 1. The lowest BCUT2D eigenvalue weighted by Crippen LogP contribution is -2.43. The van der Waals surface area contributed by atoms with Crippen LogP contribution in [0.3, 0.4) is 0 Å². The van der Waals surface area contributed by atoms with E-state index in [2.05, 4.69) is 21.2 Å². The zero-order chi connectivity index (χ0) is 25.6. The lowest BCUT2D eigenvalue weighted by Gasteiger charge is -2.37. The molecule has 0 bridgehead atoms. The molecule has 8 heteroatoms. The van der Waals surface area contributed by atoms with Crippen LogP contribution >= 0.6 is 0 Å². The predicted molar refractivity (Wildman–Crippen MR) is 141 cm³/mol. The number of hydrogen-bond donors (Lipinski definition) is 2. The number of rotatable bonds is 6. The van der Waals surface area contributed by atoms with Gasteiger partial charge in [-0.3, -0.25) is 19.6 Å². The number of aromatic nitrogens is 4. The molecule has 1 amide bonds. The van der Waals surface area contributed by atoms with Crippen molar-refractivity contribution in [2.75, 3.05) is 0 Å². The second-order valence-corrected chi connectivity index (χ2v) is 10.3. The Balaban J connectivity index is 1.43. The second-order valence-electron chi connectivity index (χ2n) is 10.3. The normalized spacial score (nSPS) is 17.8. The summed E-state index contributed by atoms with van der Waals surface area (Å²) in [4.78, 5) is 38.3. The van der Waals surface area contributed by atoms with Gasteiger partial charge in [0, 0.05) is 24.3 Å². The predicted octanol–water partition coefficient (Wildman–Crippen LogP) is 3.62. The standard InChI is InChI=1S/C29H30N6O2/c1-18-7-9-21(32-16-18)17-35(25-6-2-4-19-5-3-13-31-26(19)25)28(37)29(11-12-29)20-8-10-22-23(14-20)24(15-30)33-34-27(22)36/h3,5,7-10,13-14,16,25H,2,4,6,11-12,15,17,30H2,1H3,(H,34,36). The van der Waals surface area contributed by atoms with Gasteiger partial charge in [0.05, 0.1) is 40.5 Å². The number of aryl methyl sites for hydroxylation is 2. The van der Waals surface area contributed by atoms with Gasteiger partial charge in [-0.15, -0.1) is 0 Å². The maximum atomic E-state index is 14.5. The molecule has 2 aliphatic carbocycles. The van der Waals surface area contributed by atoms with Gasteiger partial charge in [-0.05, 0) is 80.0 Å². The molecular weight excluding hydrogens is 464 g/mol. The van der Waals surface area contributed by atoms with Crippen molar-refractivity contribution >= 4 is 16.7 Å². The van der Waals surface area contributed by atoms with Gasteiger partial charge in [0.15, 0.2) is 0 Å². The molecule has 1 saturated carbocycles. The molecule has 0 saturated heterocycles. The Morgan fingerprint density at radius 1 is 1.16 bits per heavy atom. The van der Waals surface area contributed by atoms with Crippen LogP contribution in [-0.4, -0.2) is 31.0 Å². The molecule has 8 nitrogen and oxygen atoms in total. The topological polar surface area (TPSA) is 118 Å². The first-order chi connectivity index (χ1) is 18.0. The molecule has 0 spiro atoms. The summed E-state index contributed by atoms with van der Waals surface area (Å²) >= 11 is 0. The van der Waals surface area contributed by atoms with E-state index in [1.807, 2.05) is 54.5 Å². The number of nitrogens with zero attached hydrogens (tertiary/aromatic N) is 4. The summed E-state index contributed by atoms with van der Waals surface area (Å²) < 4.78 is 0. The number of carbonyl (C=O) groups is 1. The molecule has 3 heterocycles. The number of benzene rings is 1. The first-order valence-electron chi connectivity index (χ1n) is 12.9. The average Bonchev–Trinajstić information content (AvgIpc) is 3.74. The summed E-state index contributed by atoms with van der Waals surface area (Å²) in [6, 6.07) is 13.7. The highest BCUT2D eigenvalue weighted by Gasteiger charge is 2.54. The highest BCUT2D eigenvalue weighted by molar-refractivity contribution is 5.94. The van der Waals surface area contributed by atoms with Crippen LogP contribution < -0.4 is 11.3 Å².